The molecule has 41 nitrogen and oxygen atoms in total. The largest absolute Gasteiger partial charge is 0.387 e. The molecule has 0 amide bonds. The van der Waals surface area contributed by atoms with Crippen molar-refractivity contribution in [2.45, 2.75) is 132 Å². The molecule has 4 aliphatic heterocycles. The Morgan fingerprint density at radius 1 is 0.505 bits per heavy atom. The Hall–Kier alpha value is -5.07. The molecule has 4 fully saturated rings. The van der Waals surface area contributed by atoms with E-state index in [4.69, 9.17) is 131 Å². The number of aliphatic hydroxyl groups excluding tert-OH is 1. The number of anilines is 2. The number of hydrogen-bond acceptors (Lipinski definition) is 34. The summed E-state index contributed by atoms with van der Waals surface area (Å²) in [5, 5.41) is 11.7. The summed E-state index contributed by atoms with van der Waals surface area (Å²) in [6, 6.07) is 0. The zero-order valence-electron chi connectivity index (χ0n) is 55.5. The average molecular weight is 1550 g/mol. The number of aryl methyl sites for hydroxylation is 3. The first-order chi connectivity index (χ1) is 48.1. The van der Waals surface area contributed by atoms with E-state index in [9.17, 15) is 43.8 Å². The molecular weight excluding hydrogens is 1470 g/mol. The van der Waals surface area contributed by atoms with Gasteiger partial charge in [-0.25, -0.2) is 24.5 Å². The van der Waals surface area contributed by atoms with Crippen LogP contribution in [0.5, 0.6) is 0 Å². The molecule has 19 atom stereocenters. The number of nitrogens with zero attached hydrogens (tertiary/aromatic N) is 9. The number of imidazole rings is 2. The first-order valence-corrected chi connectivity index (χ1v) is 38.9. The number of nitrogen functional groups attached to an aromatic ring is 2. The molecule has 6 aromatic rings. The minimum Gasteiger partial charge on any atom is -0.387 e. The molecule has 10 heterocycles. The van der Waals surface area contributed by atoms with Crippen molar-refractivity contribution in [2.24, 2.45) is 0 Å². The maximum Gasteiger partial charge on any atom is 0.351 e. The zero-order chi connectivity index (χ0) is 72.8. The Balaban J connectivity index is 0.957. The number of aliphatic hydroxyl groups is 1. The smallest absolute Gasteiger partial charge is 0.351 e. The summed E-state index contributed by atoms with van der Waals surface area (Å²) in [7, 11) is 5.69. The minimum atomic E-state index is -4.81. The molecule has 11 N–H and O–H groups in total. The van der Waals surface area contributed by atoms with E-state index in [1.54, 1.807) is 13.8 Å². The average Bonchev–Trinajstić information content (AvgIpc) is 1.63. The number of ether oxygens (including phenoxy) is 12. The number of rotatable bonds is 36. The van der Waals surface area contributed by atoms with Gasteiger partial charge in [-0.1, -0.05) is 6.92 Å². The van der Waals surface area contributed by atoms with Crippen molar-refractivity contribution in [3.8, 4) is 0 Å². The SMILES string of the molecule is CC[C@H]1O[C@@H](n2cc(C)c(=O)[nH]c2=O)[C@@H](OCCOC)C1OP(O)(=S)OC[C@H]1O[C@@H](n2cnc3c(=O)[nH]c(N)nc32)[C@@H](OCCOC)C1OP(O)(=S)OC[C@H]1O[C@@H](n2cnc3c(=O)[nH]c(C)nc32)[C@@H](OCCOC)C1OP(O)(=S)OC[C@H]1O[C@@H](n2cc(C)c(N)nc2=O)[C@@H](OCCOC)C1O. The highest BCUT2D eigenvalue weighted by Gasteiger charge is 2.55. The highest BCUT2D eigenvalue weighted by molar-refractivity contribution is 8.07. The molecule has 0 aromatic carbocycles. The summed E-state index contributed by atoms with van der Waals surface area (Å²) in [4.78, 5) is 131. The fourth-order valence-electron chi connectivity index (χ4n) is 11.6. The van der Waals surface area contributed by atoms with Gasteiger partial charge in [-0.05, 0) is 62.6 Å². The van der Waals surface area contributed by atoms with E-state index in [-0.39, 0.29) is 105 Å². The molecule has 4 aliphatic rings. The van der Waals surface area contributed by atoms with Gasteiger partial charge in [0.05, 0.1) is 91.4 Å². The van der Waals surface area contributed by atoms with E-state index in [0.29, 0.717) is 5.56 Å². The third kappa shape index (κ3) is 18.3. The predicted octanol–water partition coefficient (Wildman–Crippen LogP) is -1.51. The molecule has 0 radical (unpaired) electrons. The van der Waals surface area contributed by atoms with Gasteiger partial charge in [0, 0.05) is 52.0 Å². The summed E-state index contributed by atoms with van der Waals surface area (Å²) in [6.07, 6.45) is -16.6. The van der Waals surface area contributed by atoms with Gasteiger partial charge in [0.2, 0.25) is 5.95 Å². The van der Waals surface area contributed by atoms with Crippen LogP contribution in [-0.4, -0.2) is 252 Å². The highest BCUT2D eigenvalue weighted by atomic mass is 32.5. The van der Waals surface area contributed by atoms with Crippen LogP contribution in [0.4, 0.5) is 11.8 Å². The molecule has 101 heavy (non-hydrogen) atoms. The van der Waals surface area contributed by atoms with Gasteiger partial charge < -0.3 is 107 Å². The number of nitrogens with two attached hydrogens (primary N) is 2. The van der Waals surface area contributed by atoms with Crippen LogP contribution < -0.4 is 39.5 Å². The lowest BCUT2D eigenvalue weighted by molar-refractivity contribution is -0.0827. The third-order valence-corrected chi connectivity index (χ3v) is 21.0. The van der Waals surface area contributed by atoms with Crippen LogP contribution in [0.1, 0.15) is 55.2 Å². The normalized spacial score (nSPS) is 28.7. The molecule has 0 spiro atoms. The predicted molar refractivity (Wildman–Crippen MR) is 360 cm³/mol. The summed E-state index contributed by atoms with van der Waals surface area (Å²) in [5.74, 6) is -0.155. The number of aromatic amines is 3. The van der Waals surface area contributed by atoms with E-state index in [1.807, 2.05) is 0 Å². The summed E-state index contributed by atoms with van der Waals surface area (Å²) in [5.41, 5.74) is 8.54. The number of methoxy groups -OCH3 is 4. The number of hydrogen-bond donors (Lipinski definition) is 9. The number of H-pyrrole nitrogens is 3. The zero-order valence-corrected chi connectivity index (χ0v) is 60.6. The molecule has 0 bridgehead atoms. The van der Waals surface area contributed by atoms with E-state index in [1.165, 1.54) is 76.5 Å². The fourth-order valence-corrected chi connectivity index (χ4v) is 15.9. The lowest BCUT2D eigenvalue weighted by Crippen LogP contribution is -2.41. The maximum atomic E-state index is 13.3. The van der Waals surface area contributed by atoms with Gasteiger partial charge in [0.15, 0.2) is 47.2 Å². The molecular formula is C54H79N14O27P3S3. The van der Waals surface area contributed by atoms with Gasteiger partial charge >= 0.3 is 31.5 Å². The van der Waals surface area contributed by atoms with Gasteiger partial charge in [-0.2, -0.15) is 9.97 Å². The lowest BCUT2D eigenvalue weighted by atomic mass is 10.1. The molecule has 560 valence electrons. The van der Waals surface area contributed by atoms with E-state index in [2.05, 4.69) is 39.9 Å². The first kappa shape index (κ1) is 78.5. The summed E-state index contributed by atoms with van der Waals surface area (Å²) >= 11 is 17.2. The van der Waals surface area contributed by atoms with Crippen molar-refractivity contribution in [1.82, 2.24) is 58.1 Å². The summed E-state index contributed by atoms with van der Waals surface area (Å²) in [6.45, 7) is -10.2. The molecule has 0 aliphatic carbocycles. The van der Waals surface area contributed by atoms with Gasteiger partial charge in [0.1, 0.15) is 78.8 Å². The minimum absolute atomic E-state index is 0.0106. The van der Waals surface area contributed by atoms with Crippen LogP contribution in [0.3, 0.4) is 0 Å². The molecule has 7 unspecified atom stereocenters. The van der Waals surface area contributed by atoms with Crippen LogP contribution >= 0.6 is 20.2 Å². The Kier molecular flexibility index (Phi) is 26.4. The fraction of sp³-hybridized carbons (Fsp3) is 0.667. The Bertz CT molecular complexity index is 4320. The molecule has 4 saturated heterocycles. The van der Waals surface area contributed by atoms with Crippen molar-refractivity contribution in [1.29, 1.82) is 0 Å². The van der Waals surface area contributed by atoms with Crippen LogP contribution in [0, 0.1) is 20.8 Å². The Morgan fingerprint density at radius 2 is 0.911 bits per heavy atom. The molecule has 10 rings (SSSR count). The second-order valence-corrected chi connectivity index (χ2v) is 31.6. The van der Waals surface area contributed by atoms with Crippen molar-refractivity contribution < 1.29 is 104 Å². The monoisotopic (exact) mass is 1540 g/mol. The summed E-state index contributed by atoms with van der Waals surface area (Å²) < 4.78 is 114. The van der Waals surface area contributed by atoms with Crippen LogP contribution in [-0.2, 0) is 119 Å². The van der Waals surface area contributed by atoms with Crippen molar-refractivity contribution in [3.63, 3.8) is 0 Å². The van der Waals surface area contributed by atoms with Gasteiger partial charge in [0.25, 0.3) is 16.7 Å². The van der Waals surface area contributed by atoms with Crippen molar-refractivity contribution in [2.75, 3.05) is 113 Å². The standard InChI is InChI=1S/C54H79N14O27P3S3/c1-9-28-35(39(83-15-11-79-6)49(89-28)66-19-26(3)45(70)64-54(66)74)93-97(76,100)87-21-31-37(41(85-17-13-81-8)51(92-31)68-24-58-33-44(68)62-52(56)63-47(33)72)95-98(77,101)88-22-30-36(40(84-16-12-80-7)50(91-30)67-23-57-32-43(67)59-27(4)60-46(32)71)94-96(75,99)86-20-29-34(69)38(82-14-10-78-5)48(90-29)65-18-25(2)42(55)61-53(65)73/h18-19,23-24,28-31,34-41,48-51,69H,9-17,20-22H2,1-8H3,(H,75,99)(H,76,100)(H,77,101)(H2,55,61,73)(H,59,60,71)(H,64,70,74)(H3,56,62,63,72)/t28-,29-,30-,31-,34?,35?,36?,37?,38+,39+,40+,41+,48-,49-,50-,51-,96?,97?,98?/m1/s1. The van der Waals surface area contributed by atoms with Gasteiger partial charge in [-0.3, -0.25) is 56.2 Å². The highest BCUT2D eigenvalue weighted by Crippen LogP contribution is 2.55. The molecule has 6 aromatic heterocycles. The van der Waals surface area contributed by atoms with E-state index >= 15 is 0 Å². The number of fused-ring (bicyclic) bond motifs is 2. The Labute approximate surface area is 587 Å². The van der Waals surface area contributed by atoms with Gasteiger partial charge in [-0.15, -0.1) is 0 Å². The van der Waals surface area contributed by atoms with Crippen molar-refractivity contribution in [3.05, 3.63) is 94.0 Å². The third-order valence-electron chi connectivity index (χ3n) is 16.4. The quantitative estimate of drug-likeness (QED) is 0.0159. The van der Waals surface area contributed by atoms with E-state index in [0.717, 1.165) is 9.13 Å². The molecule has 47 heteroatoms. The Morgan fingerprint density at radius 3 is 1.40 bits per heavy atom. The first-order valence-electron chi connectivity index (χ1n) is 31.1. The van der Waals surface area contributed by atoms with Crippen molar-refractivity contribution >= 4 is 89.7 Å². The number of nitrogens with one attached hydrogen (secondary N) is 3. The van der Waals surface area contributed by atoms with Crippen LogP contribution in [0.25, 0.3) is 22.3 Å². The second-order valence-electron chi connectivity index (χ2n) is 23.2. The lowest BCUT2D eigenvalue weighted by Gasteiger charge is -2.31. The molecule has 0 saturated carbocycles. The topological polar surface area (TPSA) is 516 Å². The van der Waals surface area contributed by atoms with E-state index < -0.39 is 166 Å². The van der Waals surface area contributed by atoms with Crippen LogP contribution in [0.2, 0.25) is 0 Å². The maximum absolute atomic E-state index is 13.3. The van der Waals surface area contributed by atoms with Crippen LogP contribution in [0.15, 0.2) is 49.0 Å². The number of aromatic nitrogens is 12. The second kappa shape index (κ2) is 34.0.